The third-order valence-corrected chi connectivity index (χ3v) is 11.5. The molecule has 0 unspecified atom stereocenters. The molecule has 0 aliphatic heterocycles. The summed E-state index contributed by atoms with van der Waals surface area (Å²) in [5, 5.41) is 13.6. The Kier molecular flexibility index (Phi) is 9.23. The van der Waals surface area contributed by atoms with Gasteiger partial charge in [-0.3, -0.25) is 0 Å². The van der Waals surface area contributed by atoms with Crippen molar-refractivity contribution in [3.8, 4) is 47.4 Å². The maximum Gasteiger partial charge on any atom is 0.0327 e. The maximum atomic E-state index is 3.58. The summed E-state index contributed by atoms with van der Waals surface area (Å²) < 4.78 is 0. The van der Waals surface area contributed by atoms with E-state index in [-0.39, 0.29) is 0 Å². The van der Waals surface area contributed by atoms with E-state index in [9.17, 15) is 0 Å². The zero-order valence-corrected chi connectivity index (χ0v) is 33.6. The first-order chi connectivity index (χ1) is 30.7. The van der Waals surface area contributed by atoms with Crippen molar-refractivity contribution < 1.29 is 0 Å². The first-order valence-corrected chi connectivity index (χ1v) is 20.7. The van der Waals surface area contributed by atoms with Crippen LogP contribution in [0.3, 0.4) is 0 Å². The van der Waals surface area contributed by atoms with Gasteiger partial charge in [-0.1, -0.05) is 157 Å². The quantitative estimate of drug-likeness (QED) is 0.106. The van der Waals surface area contributed by atoms with E-state index in [0.29, 0.717) is 0 Å². The molecule has 11 rings (SSSR count). The van der Waals surface area contributed by atoms with Gasteiger partial charge in [-0.25, -0.2) is 0 Å². The summed E-state index contributed by atoms with van der Waals surface area (Å²) in [6.45, 7) is 0. The van der Waals surface area contributed by atoms with Gasteiger partial charge in [0.25, 0.3) is 0 Å². The Hall–Kier alpha value is -8.78. The van der Waals surface area contributed by atoms with Gasteiger partial charge in [0.1, 0.15) is 0 Å². The molecule has 0 aliphatic carbocycles. The minimum Gasteiger partial charge on any atom is -0.0622 e. The van der Waals surface area contributed by atoms with Crippen molar-refractivity contribution >= 4 is 64.6 Å². The minimum absolute atomic E-state index is 0.978. The Bertz CT molecular complexity index is 3610. The van der Waals surface area contributed by atoms with E-state index in [1.807, 2.05) is 60.7 Å². The minimum atomic E-state index is 0.978. The van der Waals surface area contributed by atoms with Crippen molar-refractivity contribution in [2.75, 3.05) is 0 Å². The van der Waals surface area contributed by atoms with Crippen LogP contribution in [0.1, 0.15) is 44.5 Å². The van der Waals surface area contributed by atoms with Gasteiger partial charge in [0.2, 0.25) is 0 Å². The third kappa shape index (κ3) is 7.06. The van der Waals surface area contributed by atoms with Gasteiger partial charge < -0.3 is 0 Å². The van der Waals surface area contributed by atoms with Crippen LogP contribution in [0.4, 0.5) is 0 Å². The molecule has 11 aromatic carbocycles. The second kappa shape index (κ2) is 15.8. The molecule has 282 valence electrons. The highest BCUT2D eigenvalue weighted by atomic mass is 14.1. The lowest BCUT2D eigenvalue weighted by atomic mass is 9.95. The third-order valence-electron chi connectivity index (χ3n) is 11.5. The lowest BCUT2D eigenvalue weighted by molar-refractivity contribution is 1.64. The maximum absolute atomic E-state index is 3.58. The molecule has 0 atom stereocenters. The molecule has 0 fully saturated rings. The molecule has 0 aromatic heterocycles. The van der Waals surface area contributed by atoms with Crippen LogP contribution in [-0.2, 0) is 0 Å². The lowest BCUT2D eigenvalue weighted by Crippen LogP contribution is -1.87. The molecule has 0 nitrogen and oxygen atoms in total. The number of fused-ring (bicyclic) bond motifs is 6. The van der Waals surface area contributed by atoms with Crippen molar-refractivity contribution in [1.29, 1.82) is 0 Å². The normalized spacial score (nSPS) is 10.7. The zero-order valence-electron chi connectivity index (χ0n) is 33.6. The zero-order chi connectivity index (χ0) is 41.2. The van der Waals surface area contributed by atoms with Gasteiger partial charge in [-0.15, -0.1) is 0 Å². The molecule has 0 aliphatic rings. The van der Waals surface area contributed by atoms with Crippen LogP contribution >= 0.6 is 0 Å². The fourth-order valence-electron chi connectivity index (χ4n) is 8.40. The number of rotatable bonds is 0. The van der Waals surface area contributed by atoms with Crippen LogP contribution in [0.5, 0.6) is 0 Å². The fourth-order valence-corrected chi connectivity index (χ4v) is 8.40. The van der Waals surface area contributed by atoms with E-state index in [0.717, 1.165) is 109 Å². The van der Waals surface area contributed by atoms with Crippen LogP contribution in [0.2, 0.25) is 0 Å². The van der Waals surface area contributed by atoms with Crippen molar-refractivity contribution in [3.05, 3.63) is 251 Å². The van der Waals surface area contributed by atoms with Crippen LogP contribution < -0.4 is 0 Å². The van der Waals surface area contributed by atoms with E-state index in [4.69, 9.17) is 0 Å². The second-order valence-electron chi connectivity index (χ2n) is 15.4. The first-order valence-electron chi connectivity index (χ1n) is 20.7. The van der Waals surface area contributed by atoms with E-state index in [1.54, 1.807) is 0 Å². The van der Waals surface area contributed by atoms with Gasteiger partial charge >= 0.3 is 0 Å². The largest absolute Gasteiger partial charge is 0.0622 e. The highest BCUT2D eigenvalue weighted by Gasteiger charge is 2.09. The summed E-state index contributed by atoms with van der Waals surface area (Å²) in [7, 11) is 0. The van der Waals surface area contributed by atoms with Gasteiger partial charge in [-0.2, -0.15) is 0 Å². The smallest absolute Gasteiger partial charge is 0.0327 e. The van der Waals surface area contributed by atoms with Crippen LogP contribution in [-0.4, -0.2) is 0 Å². The predicted octanol–water partition coefficient (Wildman–Crippen LogP) is 14.2. The average Bonchev–Trinajstić information content (AvgIpc) is 3.32. The molecule has 62 heavy (non-hydrogen) atoms. The van der Waals surface area contributed by atoms with E-state index >= 15 is 0 Å². The summed E-state index contributed by atoms with van der Waals surface area (Å²) in [5.41, 5.74) is 7.93. The van der Waals surface area contributed by atoms with Crippen LogP contribution in [0.15, 0.2) is 206 Å². The molecule has 0 spiro atoms. The van der Waals surface area contributed by atoms with E-state index in [1.165, 1.54) is 0 Å². The van der Waals surface area contributed by atoms with Crippen LogP contribution in [0.25, 0.3) is 64.6 Å². The standard InChI is InChI=1S/C62H34/c1-3-13-43(14-4-1)29-31-45-17-7-23-51-37-53-25-9-19-47(59(53)40-57(45)51)33-35-49-21-11-27-55-39-56-28-12-22-50(62(56)42-61(49)55)36-34-48-20-10-26-54-38-52-24-8-18-46(58(52)41-60(48)54)32-30-44-15-5-2-6-16-44/h1-28,37-42H. The SMILES string of the molecule is C(#Cc1cccc2cc3cccc(C#Cc4cccc5cc6cccc(C#Cc7cccc8cc9cccc(C#Cc%10ccccc%10)c9cc78)c6cc45)c3cc12)c1ccccc1. The van der Waals surface area contributed by atoms with Gasteiger partial charge in [0.05, 0.1) is 0 Å². The summed E-state index contributed by atoms with van der Waals surface area (Å²) >= 11 is 0. The first kappa shape index (κ1) is 36.3. The summed E-state index contributed by atoms with van der Waals surface area (Å²) in [6, 6.07) is 71.9. The molecule has 11 aromatic rings. The Morgan fingerprint density at radius 1 is 0.177 bits per heavy atom. The number of hydrogen-bond acceptors (Lipinski definition) is 0. The summed E-state index contributed by atoms with van der Waals surface area (Å²) in [6.07, 6.45) is 0. The summed E-state index contributed by atoms with van der Waals surface area (Å²) in [4.78, 5) is 0. The molecule has 0 saturated heterocycles. The fraction of sp³-hybridized carbons (Fsp3) is 0. The molecular formula is C62H34. The van der Waals surface area contributed by atoms with Gasteiger partial charge in [0.15, 0.2) is 0 Å². The molecule has 0 amide bonds. The van der Waals surface area contributed by atoms with E-state index < -0.39 is 0 Å². The Labute approximate surface area is 361 Å². The topological polar surface area (TPSA) is 0 Å². The molecule has 0 saturated carbocycles. The molecule has 0 radical (unpaired) electrons. The monoisotopic (exact) mass is 778 g/mol. The van der Waals surface area contributed by atoms with Crippen molar-refractivity contribution in [2.45, 2.75) is 0 Å². The molecule has 0 heteroatoms. The number of hydrogen-bond donors (Lipinski definition) is 0. The van der Waals surface area contributed by atoms with Crippen molar-refractivity contribution in [2.24, 2.45) is 0 Å². The summed E-state index contributed by atoms with van der Waals surface area (Å²) in [5.74, 6) is 27.9. The molecule has 0 N–H and O–H groups in total. The molecule has 0 heterocycles. The predicted molar refractivity (Wildman–Crippen MR) is 261 cm³/mol. The van der Waals surface area contributed by atoms with Crippen molar-refractivity contribution in [3.63, 3.8) is 0 Å². The lowest BCUT2D eigenvalue weighted by Gasteiger charge is -2.08. The van der Waals surface area contributed by atoms with Crippen molar-refractivity contribution in [1.82, 2.24) is 0 Å². The number of benzene rings is 11. The Balaban J connectivity index is 0.980. The molecular weight excluding hydrogens is 745 g/mol. The highest BCUT2D eigenvalue weighted by molar-refractivity contribution is 6.06. The Morgan fingerprint density at radius 2 is 0.403 bits per heavy atom. The van der Waals surface area contributed by atoms with Crippen LogP contribution in [0, 0.1) is 47.4 Å². The Morgan fingerprint density at radius 3 is 0.645 bits per heavy atom. The molecule has 0 bridgehead atoms. The van der Waals surface area contributed by atoms with Gasteiger partial charge in [-0.05, 0) is 162 Å². The van der Waals surface area contributed by atoms with Gasteiger partial charge in [0, 0.05) is 44.5 Å². The second-order valence-corrected chi connectivity index (χ2v) is 15.4. The van der Waals surface area contributed by atoms with E-state index in [2.05, 4.69) is 193 Å². The highest BCUT2D eigenvalue weighted by Crippen LogP contribution is 2.31. The average molecular weight is 779 g/mol.